The van der Waals surface area contributed by atoms with Crippen LogP contribution in [0.1, 0.15) is 25.0 Å². The van der Waals surface area contributed by atoms with Gasteiger partial charge in [0.05, 0.1) is 12.7 Å². The van der Waals surface area contributed by atoms with Crippen molar-refractivity contribution < 1.29 is 14.6 Å². The van der Waals surface area contributed by atoms with Crippen LogP contribution >= 0.6 is 12.4 Å². The molecular formula is C21H28ClNO3. The number of benzene rings is 2. The van der Waals surface area contributed by atoms with Crippen molar-refractivity contribution in [3.63, 3.8) is 0 Å². The maximum atomic E-state index is 11.7. The zero-order valence-electron chi connectivity index (χ0n) is 15.4. The number of rotatable bonds is 6. The second-order valence-electron chi connectivity index (χ2n) is 6.80. The van der Waals surface area contributed by atoms with E-state index in [0.29, 0.717) is 19.6 Å². The van der Waals surface area contributed by atoms with Crippen LogP contribution in [0, 0.1) is 0 Å². The van der Waals surface area contributed by atoms with Crippen molar-refractivity contribution in [2.75, 3.05) is 19.7 Å². The van der Waals surface area contributed by atoms with Gasteiger partial charge in [-0.25, -0.2) is 0 Å². The molecule has 2 N–H and O–H groups in total. The van der Waals surface area contributed by atoms with Crippen molar-refractivity contribution in [1.82, 2.24) is 5.32 Å². The summed E-state index contributed by atoms with van der Waals surface area (Å²) < 4.78 is 11.9. The van der Waals surface area contributed by atoms with Gasteiger partial charge in [-0.2, -0.15) is 0 Å². The van der Waals surface area contributed by atoms with Crippen molar-refractivity contribution >= 4 is 12.4 Å². The van der Waals surface area contributed by atoms with E-state index in [9.17, 15) is 5.11 Å². The molecule has 2 atom stereocenters. The summed E-state index contributed by atoms with van der Waals surface area (Å²) in [6.45, 7) is 6.06. The molecule has 5 heteroatoms. The molecule has 0 unspecified atom stereocenters. The van der Waals surface area contributed by atoms with Crippen LogP contribution < -0.4 is 10.1 Å². The van der Waals surface area contributed by atoms with Crippen LogP contribution in [0.5, 0.6) is 5.75 Å². The summed E-state index contributed by atoms with van der Waals surface area (Å²) in [5, 5.41) is 15.0. The number of morpholine rings is 1. The molecule has 26 heavy (non-hydrogen) atoms. The first-order chi connectivity index (χ1) is 12.1. The molecule has 2 aromatic carbocycles. The quantitative estimate of drug-likeness (QED) is 0.810. The normalized spacial score (nSPS) is 19.5. The lowest BCUT2D eigenvalue weighted by Crippen LogP contribution is -2.52. The van der Waals surface area contributed by atoms with Gasteiger partial charge >= 0.3 is 0 Å². The van der Waals surface area contributed by atoms with Crippen LogP contribution in [0.4, 0.5) is 0 Å². The van der Waals surface area contributed by atoms with Gasteiger partial charge < -0.3 is 19.9 Å². The van der Waals surface area contributed by atoms with Crippen LogP contribution in [0.25, 0.3) is 0 Å². The first-order valence-corrected chi connectivity index (χ1v) is 8.94. The van der Waals surface area contributed by atoms with Crippen LogP contribution in [-0.4, -0.2) is 37.0 Å². The van der Waals surface area contributed by atoms with E-state index in [4.69, 9.17) is 9.47 Å². The molecule has 0 aromatic heterocycles. The molecule has 142 valence electrons. The van der Waals surface area contributed by atoms with Crippen molar-refractivity contribution in [3.05, 3.63) is 65.7 Å². The molecule has 0 aliphatic carbocycles. The Hall–Kier alpha value is -1.59. The largest absolute Gasteiger partial charge is 0.491 e. The van der Waals surface area contributed by atoms with Crippen molar-refractivity contribution in [1.29, 1.82) is 0 Å². The molecule has 1 heterocycles. The molecule has 0 radical (unpaired) electrons. The first-order valence-electron chi connectivity index (χ1n) is 8.94. The number of hydrogen-bond donors (Lipinski definition) is 2. The molecule has 1 fully saturated rings. The van der Waals surface area contributed by atoms with E-state index in [0.717, 1.165) is 23.4 Å². The molecule has 3 rings (SSSR count). The maximum absolute atomic E-state index is 11.7. The molecule has 4 nitrogen and oxygen atoms in total. The van der Waals surface area contributed by atoms with Gasteiger partial charge in [-0.3, -0.25) is 0 Å². The third-order valence-electron chi connectivity index (χ3n) is 4.53. The lowest BCUT2D eigenvalue weighted by Gasteiger charge is -2.39. The number of halogens is 1. The molecule has 1 aliphatic heterocycles. The van der Waals surface area contributed by atoms with Crippen molar-refractivity contribution in [2.45, 2.75) is 38.1 Å². The topological polar surface area (TPSA) is 50.7 Å². The third-order valence-corrected chi connectivity index (χ3v) is 4.53. The summed E-state index contributed by atoms with van der Waals surface area (Å²) in [6.07, 6.45) is 0.209. The summed E-state index contributed by atoms with van der Waals surface area (Å²) >= 11 is 0. The van der Waals surface area contributed by atoms with Crippen LogP contribution in [0.15, 0.2) is 54.6 Å². The molecule has 0 bridgehead atoms. The highest BCUT2D eigenvalue weighted by molar-refractivity contribution is 5.85. The molecule has 0 amide bonds. The highest BCUT2D eigenvalue weighted by atomic mass is 35.5. The van der Waals surface area contributed by atoms with E-state index in [-0.39, 0.29) is 24.6 Å². The first kappa shape index (κ1) is 20.7. The molecule has 0 spiro atoms. The summed E-state index contributed by atoms with van der Waals surface area (Å²) in [6, 6.07) is 17.7. The Labute approximate surface area is 161 Å². The van der Waals surface area contributed by atoms with E-state index in [1.807, 2.05) is 68.4 Å². The number of aliphatic hydroxyl groups is 1. The molecular weight excluding hydrogens is 350 g/mol. The summed E-state index contributed by atoms with van der Waals surface area (Å²) in [4.78, 5) is 0. The summed E-state index contributed by atoms with van der Waals surface area (Å²) in [5.74, 6) is 0.815. The van der Waals surface area contributed by atoms with Crippen LogP contribution in [0.2, 0.25) is 0 Å². The Morgan fingerprint density at radius 3 is 2.50 bits per heavy atom. The summed E-state index contributed by atoms with van der Waals surface area (Å²) in [5.41, 5.74) is 0.727. The Balaban J connectivity index is 0.00000243. The minimum Gasteiger partial charge on any atom is -0.491 e. The fraction of sp³-hybridized carbons (Fsp3) is 0.429. The van der Waals surface area contributed by atoms with Gasteiger partial charge in [-0.15, -0.1) is 12.4 Å². The third kappa shape index (κ3) is 4.77. The predicted octanol–water partition coefficient (Wildman–Crippen LogP) is 3.31. The predicted molar refractivity (Wildman–Crippen MR) is 106 cm³/mol. The fourth-order valence-electron chi connectivity index (χ4n) is 3.31. The number of ether oxygens (including phenoxy) is 2. The van der Waals surface area contributed by atoms with E-state index < -0.39 is 5.60 Å². The van der Waals surface area contributed by atoms with Gasteiger partial charge in [0.15, 0.2) is 0 Å². The lowest BCUT2D eigenvalue weighted by atomic mass is 9.81. The van der Waals surface area contributed by atoms with Gasteiger partial charge in [-0.05, 0) is 31.0 Å². The smallest absolute Gasteiger partial charge is 0.122 e. The van der Waals surface area contributed by atoms with Crippen molar-refractivity contribution in [3.8, 4) is 5.75 Å². The minimum absolute atomic E-state index is 0. The number of nitrogens with one attached hydrogen (secondary N) is 1. The van der Waals surface area contributed by atoms with Gasteiger partial charge in [0.2, 0.25) is 0 Å². The molecule has 0 saturated carbocycles. The standard InChI is InChI=1S/C21H27NO3.ClH/c1-16(2)25-19-11-7-6-8-17(19)14-21(23,18-9-4-3-5-10-18)20-15-22-12-13-24-20;/h3-11,16,20,22-23H,12-15H2,1-2H3;1H/t20-,21-;/m1./s1. The Kier molecular flexibility index (Phi) is 7.47. The van der Waals surface area contributed by atoms with E-state index in [2.05, 4.69) is 5.32 Å². The van der Waals surface area contributed by atoms with Gasteiger partial charge in [0.25, 0.3) is 0 Å². The van der Waals surface area contributed by atoms with Gasteiger partial charge in [0.1, 0.15) is 17.5 Å². The maximum Gasteiger partial charge on any atom is 0.122 e. The zero-order chi connectivity index (χ0) is 17.7. The highest BCUT2D eigenvalue weighted by Gasteiger charge is 2.41. The molecule has 1 saturated heterocycles. The van der Waals surface area contributed by atoms with E-state index >= 15 is 0 Å². The van der Waals surface area contributed by atoms with Crippen LogP contribution in [-0.2, 0) is 16.8 Å². The number of para-hydroxylation sites is 1. The zero-order valence-corrected chi connectivity index (χ0v) is 16.2. The fourth-order valence-corrected chi connectivity index (χ4v) is 3.31. The van der Waals surface area contributed by atoms with E-state index in [1.165, 1.54) is 0 Å². The minimum atomic E-state index is -1.12. The average molecular weight is 378 g/mol. The SMILES string of the molecule is CC(C)Oc1ccccc1C[C@@](O)(c1ccccc1)[C@H]1CNCCO1.Cl. The Bertz CT molecular complexity index is 674. The lowest BCUT2D eigenvalue weighted by molar-refractivity contribution is -0.124. The second kappa shape index (κ2) is 9.38. The van der Waals surface area contributed by atoms with E-state index in [1.54, 1.807) is 0 Å². The summed E-state index contributed by atoms with van der Waals surface area (Å²) in [7, 11) is 0. The average Bonchev–Trinajstić information content (AvgIpc) is 2.64. The highest BCUT2D eigenvalue weighted by Crippen LogP contribution is 2.35. The monoisotopic (exact) mass is 377 g/mol. The molecule has 1 aliphatic rings. The number of hydrogen-bond acceptors (Lipinski definition) is 4. The van der Waals surface area contributed by atoms with Crippen LogP contribution in [0.3, 0.4) is 0 Å². The van der Waals surface area contributed by atoms with Gasteiger partial charge in [0, 0.05) is 19.5 Å². The van der Waals surface area contributed by atoms with Crippen molar-refractivity contribution in [2.24, 2.45) is 0 Å². The van der Waals surface area contributed by atoms with Gasteiger partial charge in [-0.1, -0.05) is 48.5 Å². The Morgan fingerprint density at radius 2 is 1.85 bits per heavy atom. The molecule has 2 aromatic rings. The Morgan fingerprint density at radius 1 is 1.15 bits per heavy atom. The second-order valence-corrected chi connectivity index (χ2v) is 6.80.